The second kappa shape index (κ2) is 3.07. The third-order valence-electron chi connectivity index (χ3n) is 1.26. The molecule has 0 spiro atoms. The van der Waals surface area contributed by atoms with Crippen LogP contribution in [0, 0.1) is 0 Å². The van der Waals surface area contributed by atoms with Gasteiger partial charge in [0.1, 0.15) is 7.42 Å². The van der Waals surface area contributed by atoms with Gasteiger partial charge >= 0.3 is 0 Å². The summed E-state index contributed by atoms with van der Waals surface area (Å²) in [5, 5.41) is 0. The van der Waals surface area contributed by atoms with Crippen molar-refractivity contribution in [3.8, 4) is 0 Å². The fourth-order valence-electron chi connectivity index (χ4n) is 0.772. The van der Waals surface area contributed by atoms with Gasteiger partial charge in [0.25, 0.3) is 0 Å². The number of nitrogens with zero attached hydrogens (tertiary/aromatic N) is 2. The van der Waals surface area contributed by atoms with Crippen molar-refractivity contribution in [3.05, 3.63) is 0 Å². The number of hydrogen-bond acceptors (Lipinski definition) is 3. The minimum Gasteiger partial charge on any atom is -0.303 e. The van der Waals surface area contributed by atoms with Gasteiger partial charge in [-0.1, -0.05) is 11.4 Å². The van der Waals surface area contributed by atoms with Crippen LogP contribution in [0.25, 0.3) is 0 Å². The van der Waals surface area contributed by atoms with E-state index in [4.69, 9.17) is 0 Å². The van der Waals surface area contributed by atoms with Gasteiger partial charge in [-0.3, -0.25) is 9.46 Å². The van der Waals surface area contributed by atoms with Crippen LogP contribution in [-0.2, 0) is 4.79 Å². The molecule has 1 atom stereocenters. The van der Waals surface area contributed by atoms with Gasteiger partial charge in [0, 0.05) is 7.05 Å². The van der Waals surface area contributed by atoms with Gasteiger partial charge < -0.3 is 4.67 Å². The number of rotatable bonds is 1. The maximum absolute atomic E-state index is 11.0. The molecule has 0 bridgehead atoms. The van der Waals surface area contributed by atoms with E-state index in [1.165, 1.54) is 0 Å². The van der Waals surface area contributed by atoms with E-state index in [1.54, 1.807) is 11.4 Å². The summed E-state index contributed by atoms with van der Waals surface area (Å²) >= 11 is 1.73. The second-order valence-corrected chi connectivity index (χ2v) is 6.50. The van der Waals surface area contributed by atoms with Crippen LogP contribution in [0.2, 0.25) is 0 Å². The molecule has 0 aromatic rings. The molecular formula is C5H11N2OPS. The summed E-state index contributed by atoms with van der Waals surface area (Å²) < 4.78 is 3.94. The van der Waals surface area contributed by atoms with E-state index in [1.807, 2.05) is 25.8 Å². The summed E-state index contributed by atoms with van der Waals surface area (Å²) in [6.45, 7) is 0. The van der Waals surface area contributed by atoms with Crippen LogP contribution in [0.5, 0.6) is 0 Å². The van der Waals surface area contributed by atoms with Crippen molar-refractivity contribution in [2.24, 2.45) is 0 Å². The molecule has 1 saturated heterocycles. The van der Waals surface area contributed by atoms with Gasteiger partial charge in [-0.25, -0.2) is 0 Å². The largest absolute Gasteiger partial charge is 0.303 e. The minimum absolute atomic E-state index is 0.254. The highest BCUT2D eigenvalue weighted by Crippen LogP contribution is 2.58. The molecule has 0 aliphatic carbocycles. The lowest BCUT2D eigenvalue weighted by Gasteiger charge is -2.23. The van der Waals surface area contributed by atoms with Crippen molar-refractivity contribution in [2.45, 2.75) is 0 Å². The normalized spacial score (nSPS) is 26.6. The van der Waals surface area contributed by atoms with Crippen LogP contribution in [0.4, 0.5) is 0 Å². The Morgan fingerprint density at radius 3 is 2.50 bits per heavy atom. The smallest absolute Gasteiger partial charge is 0.237 e. The summed E-state index contributed by atoms with van der Waals surface area (Å²) in [6.07, 6.45) is 0. The van der Waals surface area contributed by atoms with E-state index in [0.29, 0.717) is 5.75 Å². The fraction of sp³-hybridized carbons (Fsp3) is 0.800. The van der Waals surface area contributed by atoms with Crippen molar-refractivity contribution in [1.29, 1.82) is 0 Å². The van der Waals surface area contributed by atoms with Crippen molar-refractivity contribution in [1.82, 2.24) is 9.34 Å². The second-order valence-electron chi connectivity index (χ2n) is 2.29. The topological polar surface area (TPSA) is 23.6 Å². The lowest BCUT2D eigenvalue weighted by molar-refractivity contribution is -0.122. The summed E-state index contributed by atoms with van der Waals surface area (Å²) in [4.78, 5) is 11.0. The van der Waals surface area contributed by atoms with Gasteiger partial charge in [-0.15, -0.1) is 0 Å². The minimum atomic E-state index is -0.371. The molecular weight excluding hydrogens is 167 g/mol. The van der Waals surface area contributed by atoms with Crippen LogP contribution in [0.15, 0.2) is 0 Å². The molecule has 0 N–H and O–H groups in total. The predicted molar refractivity (Wildman–Crippen MR) is 45.8 cm³/mol. The Morgan fingerprint density at radius 1 is 1.70 bits per heavy atom. The van der Waals surface area contributed by atoms with Gasteiger partial charge in [-0.2, -0.15) is 0 Å². The first-order chi connectivity index (χ1) is 4.63. The molecule has 0 aromatic carbocycles. The first-order valence-electron chi connectivity index (χ1n) is 2.99. The van der Waals surface area contributed by atoms with E-state index in [9.17, 15) is 4.79 Å². The number of carbonyl (C=O) groups excluding carboxylic acids is 1. The Labute approximate surface area is 66.4 Å². The zero-order chi connectivity index (χ0) is 7.72. The highest BCUT2D eigenvalue weighted by molar-refractivity contribution is 8.55. The SMILES string of the molecule is CN(C)P1SCC(=O)N1C. The zero-order valence-corrected chi connectivity index (χ0v) is 8.08. The zero-order valence-electron chi connectivity index (χ0n) is 6.37. The fourth-order valence-corrected chi connectivity index (χ4v) is 4.65. The monoisotopic (exact) mass is 178 g/mol. The van der Waals surface area contributed by atoms with Gasteiger partial charge in [-0.05, 0) is 14.1 Å². The summed E-state index contributed by atoms with van der Waals surface area (Å²) in [5.74, 6) is 0.908. The molecule has 1 fully saturated rings. The van der Waals surface area contributed by atoms with Crippen LogP contribution in [0.1, 0.15) is 0 Å². The lowest BCUT2D eigenvalue weighted by Crippen LogP contribution is -2.20. The molecule has 5 heteroatoms. The number of amides is 1. The standard InChI is InChI=1S/C5H11N2OPS/c1-6(2)9-7(3)5(8)4-10-9/h4H2,1-3H3. The molecule has 0 aromatic heterocycles. The van der Waals surface area contributed by atoms with E-state index >= 15 is 0 Å². The molecule has 0 radical (unpaired) electrons. The maximum Gasteiger partial charge on any atom is 0.237 e. The number of carbonyl (C=O) groups is 1. The maximum atomic E-state index is 11.0. The van der Waals surface area contributed by atoms with Crippen molar-refractivity contribution in [2.75, 3.05) is 26.9 Å². The lowest BCUT2D eigenvalue weighted by atomic mass is 10.7. The van der Waals surface area contributed by atoms with Gasteiger partial charge in [0.15, 0.2) is 0 Å². The number of hydrogen-bond donors (Lipinski definition) is 0. The van der Waals surface area contributed by atoms with Crippen LogP contribution >= 0.6 is 18.8 Å². The molecule has 1 heterocycles. The highest BCUT2D eigenvalue weighted by atomic mass is 32.7. The molecule has 10 heavy (non-hydrogen) atoms. The van der Waals surface area contributed by atoms with Crippen molar-refractivity contribution >= 4 is 24.7 Å². The van der Waals surface area contributed by atoms with Crippen LogP contribution < -0.4 is 0 Å². The molecule has 1 rings (SSSR count). The summed E-state index contributed by atoms with van der Waals surface area (Å²) in [6, 6.07) is 0. The summed E-state index contributed by atoms with van der Waals surface area (Å²) in [7, 11) is 5.51. The molecule has 1 aliphatic heterocycles. The first kappa shape index (κ1) is 8.31. The average molecular weight is 178 g/mol. The third-order valence-corrected chi connectivity index (χ3v) is 6.09. The van der Waals surface area contributed by atoms with Gasteiger partial charge in [0.05, 0.1) is 5.75 Å². The average Bonchev–Trinajstić information content (AvgIpc) is 2.14. The highest BCUT2D eigenvalue weighted by Gasteiger charge is 2.30. The molecule has 3 nitrogen and oxygen atoms in total. The van der Waals surface area contributed by atoms with Crippen LogP contribution in [-0.4, -0.2) is 42.1 Å². The Morgan fingerprint density at radius 2 is 2.30 bits per heavy atom. The molecule has 1 aliphatic rings. The molecule has 58 valence electrons. The Bertz CT molecular complexity index is 153. The quantitative estimate of drug-likeness (QED) is 0.559. The summed E-state index contributed by atoms with van der Waals surface area (Å²) in [5.41, 5.74) is 0. The third kappa shape index (κ3) is 1.44. The Hall–Kier alpha value is 0.210. The van der Waals surface area contributed by atoms with Gasteiger partial charge in [0.2, 0.25) is 5.91 Å². The Kier molecular flexibility index (Phi) is 2.55. The van der Waals surface area contributed by atoms with E-state index < -0.39 is 0 Å². The predicted octanol–water partition coefficient (Wildman–Crippen LogP) is 0.980. The molecule has 0 saturated carbocycles. The van der Waals surface area contributed by atoms with E-state index in [2.05, 4.69) is 4.67 Å². The Balaban J connectivity index is 2.57. The van der Waals surface area contributed by atoms with Crippen LogP contribution in [0.3, 0.4) is 0 Å². The van der Waals surface area contributed by atoms with Crippen molar-refractivity contribution < 1.29 is 4.79 Å². The molecule has 1 unspecified atom stereocenters. The first-order valence-corrected chi connectivity index (χ1v) is 5.83. The van der Waals surface area contributed by atoms with E-state index in [0.717, 1.165) is 0 Å². The van der Waals surface area contributed by atoms with Crippen molar-refractivity contribution in [3.63, 3.8) is 0 Å². The molecule has 1 amide bonds. The van der Waals surface area contributed by atoms with E-state index in [-0.39, 0.29) is 13.3 Å².